The van der Waals surface area contributed by atoms with E-state index in [0.29, 0.717) is 0 Å². The third-order valence-electron chi connectivity index (χ3n) is 2.11. The molecule has 0 aromatic heterocycles. The number of benzene rings is 1. The Balaban J connectivity index is 2.97. The van der Waals surface area contributed by atoms with Crippen LogP contribution in [0.4, 0.5) is 11.4 Å². The van der Waals surface area contributed by atoms with Crippen LogP contribution in [-0.4, -0.2) is 36.8 Å². The number of hydrogen-bond donors (Lipinski definition) is 1. The summed E-state index contributed by atoms with van der Waals surface area (Å²) in [5.41, 5.74) is 1.80. The van der Waals surface area contributed by atoms with Gasteiger partial charge < -0.3 is 9.47 Å². The average Bonchev–Trinajstić information content (AvgIpc) is 2.46. The van der Waals surface area contributed by atoms with Crippen molar-refractivity contribution in [3.63, 3.8) is 0 Å². The molecule has 0 atom stereocenters. The second-order valence-corrected chi connectivity index (χ2v) is 3.36. The van der Waals surface area contributed by atoms with Crippen molar-refractivity contribution in [2.24, 2.45) is 5.10 Å². The summed E-state index contributed by atoms with van der Waals surface area (Å²) in [5, 5.41) is 14.1. The van der Waals surface area contributed by atoms with Crippen molar-refractivity contribution in [3.8, 4) is 0 Å². The molecule has 9 nitrogen and oxygen atoms in total. The lowest BCUT2D eigenvalue weighted by molar-refractivity contribution is -0.384. The van der Waals surface area contributed by atoms with Crippen LogP contribution < -0.4 is 5.43 Å². The van der Waals surface area contributed by atoms with Gasteiger partial charge in [0.05, 0.1) is 24.8 Å². The molecule has 0 bridgehead atoms. The maximum absolute atomic E-state index is 11.3. The van der Waals surface area contributed by atoms with Crippen LogP contribution in [0.15, 0.2) is 29.4 Å². The summed E-state index contributed by atoms with van der Waals surface area (Å²) in [6.45, 7) is 0. The van der Waals surface area contributed by atoms with Crippen molar-refractivity contribution in [3.05, 3.63) is 34.4 Å². The van der Waals surface area contributed by atoms with Crippen LogP contribution in [-0.2, 0) is 19.1 Å². The Bertz CT molecular complexity index is 551. The molecule has 0 spiro atoms. The van der Waals surface area contributed by atoms with Gasteiger partial charge >= 0.3 is 11.9 Å². The van der Waals surface area contributed by atoms with E-state index in [1.807, 2.05) is 0 Å². The zero-order chi connectivity index (χ0) is 15.1. The summed E-state index contributed by atoms with van der Waals surface area (Å²) in [6, 6.07) is 5.38. The Morgan fingerprint density at radius 1 is 1.25 bits per heavy atom. The Morgan fingerprint density at radius 2 is 1.85 bits per heavy atom. The van der Waals surface area contributed by atoms with E-state index in [4.69, 9.17) is 0 Å². The number of carbonyl (C=O) groups excluding carboxylic acids is 2. The smallest absolute Gasteiger partial charge is 0.366 e. The summed E-state index contributed by atoms with van der Waals surface area (Å²) in [6.07, 6.45) is 0. The van der Waals surface area contributed by atoms with Gasteiger partial charge in [-0.15, -0.1) is 0 Å². The molecule has 1 rings (SSSR count). The Morgan fingerprint density at radius 3 is 2.35 bits per heavy atom. The van der Waals surface area contributed by atoms with Gasteiger partial charge in [-0.05, 0) is 6.07 Å². The summed E-state index contributed by atoms with van der Waals surface area (Å²) >= 11 is 0. The number of nitrogens with one attached hydrogen (secondary N) is 1. The lowest BCUT2D eigenvalue weighted by atomic mass is 10.3. The van der Waals surface area contributed by atoms with Crippen molar-refractivity contribution in [2.45, 2.75) is 0 Å². The minimum Gasteiger partial charge on any atom is -0.464 e. The number of nitrogens with zero attached hydrogens (tertiary/aromatic N) is 2. The van der Waals surface area contributed by atoms with E-state index in [1.54, 1.807) is 0 Å². The predicted octanol–water partition coefficient (Wildman–Crippen LogP) is 0.709. The van der Waals surface area contributed by atoms with Crippen LogP contribution in [0.3, 0.4) is 0 Å². The second kappa shape index (κ2) is 6.83. The number of anilines is 1. The molecule has 0 fully saturated rings. The van der Waals surface area contributed by atoms with Gasteiger partial charge in [-0.25, -0.2) is 9.59 Å². The van der Waals surface area contributed by atoms with E-state index in [0.717, 1.165) is 14.2 Å². The zero-order valence-corrected chi connectivity index (χ0v) is 10.7. The lowest BCUT2D eigenvalue weighted by Gasteiger charge is -2.04. The van der Waals surface area contributed by atoms with E-state index >= 15 is 0 Å². The number of hydrogen-bond acceptors (Lipinski definition) is 8. The SMILES string of the molecule is COC(=O)C(=NNc1cccc([N+](=O)[O-])c1)C(=O)OC. The van der Waals surface area contributed by atoms with E-state index < -0.39 is 22.6 Å². The number of nitro benzene ring substituents is 1. The molecule has 0 amide bonds. The molecule has 9 heteroatoms. The summed E-state index contributed by atoms with van der Waals surface area (Å²) in [5.74, 6) is -1.98. The van der Waals surface area contributed by atoms with Gasteiger partial charge in [-0.1, -0.05) is 6.07 Å². The van der Waals surface area contributed by atoms with Crippen molar-refractivity contribution in [1.82, 2.24) is 0 Å². The number of hydrazone groups is 1. The number of nitro groups is 1. The predicted molar refractivity (Wildman–Crippen MR) is 68.2 cm³/mol. The number of ether oxygens (including phenoxy) is 2. The molecule has 0 saturated carbocycles. The average molecular weight is 281 g/mol. The largest absolute Gasteiger partial charge is 0.464 e. The first kappa shape index (κ1) is 15.1. The maximum Gasteiger partial charge on any atom is 0.366 e. The minimum atomic E-state index is -0.991. The van der Waals surface area contributed by atoms with E-state index in [1.165, 1.54) is 24.3 Å². The molecular formula is C11H11N3O6. The monoisotopic (exact) mass is 281 g/mol. The van der Waals surface area contributed by atoms with Crippen LogP contribution in [0.2, 0.25) is 0 Å². The van der Waals surface area contributed by atoms with Gasteiger partial charge in [0.2, 0.25) is 0 Å². The van der Waals surface area contributed by atoms with Gasteiger partial charge in [0.1, 0.15) is 0 Å². The van der Waals surface area contributed by atoms with Gasteiger partial charge in [-0.2, -0.15) is 5.10 Å². The highest BCUT2D eigenvalue weighted by molar-refractivity contribution is 6.62. The fourth-order valence-electron chi connectivity index (χ4n) is 1.18. The zero-order valence-electron chi connectivity index (χ0n) is 10.7. The van der Waals surface area contributed by atoms with E-state index in [2.05, 4.69) is 20.0 Å². The molecular weight excluding hydrogens is 270 g/mol. The standard InChI is InChI=1S/C11H11N3O6/c1-19-10(15)9(11(16)20-2)13-12-7-4-3-5-8(6-7)14(17)18/h3-6,12H,1-2H3. The quantitative estimate of drug-likeness (QED) is 0.277. The molecule has 1 aromatic rings. The molecule has 1 aromatic carbocycles. The van der Waals surface area contributed by atoms with Crippen molar-refractivity contribution in [1.29, 1.82) is 0 Å². The van der Waals surface area contributed by atoms with Crippen molar-refractivity contribution >= 4 is 29.0 Å². The summed E-state index contributed by atoms with van der Waals surface area (Å²) in [4.78, 5) is 32.6. The number of methoxy groups -OCH3 is 2. The van der Waals surface area contributed by atoms with Gasteiger partial charge in [0.15, 0.2) is 0 Å². The first-order valence-corrected chi connectivity index (χ1v) is 5.24. The molecule has 106 valence electrons. The lowest BCUT2D eigenvalue weighted by Crippen LogP contribution is -2.27. The molecule has 0 heterocycles. The van der Waals surface area contributed by atoms with Crippen LogP contribution in [0, 0.1) is 10.1 Å². The molecule has 0 radical (unpaired) electrons. The Labute approximate surface area is 113 Å². The second-order valence-electron chi connectivity index (χ2n) is 3.36. The normalized spacial score (nSPS) is 9.30. The topological polar surface area (TPSA) is 120 Å². The summed E-state index contributed by atoms with van der Waals surface area (Å²) < 4.78 is 8.73. The van der Waals surface area contributed by atoms with Gasteiger partial charge in [0.25, 0.3) is 11.4 Å². The molecule has 1 N–H and O–H groups in total. The maximum atomic E-state index is 11.3. The van der Waals surface area contributed by atoms with E-state index in [9.17, 15) is 19.7 Å². The summed E-state index contributed by atoms with van der Waals surface area (Å²) in [7, 11) is 2.16. The van der Waals surface area contributed by atoms with Crippen LogP contribution >= 0.6 is 0 Å². The van der Waals surface area contributed by atoms with Gasteiger partial charge in [0, 0.05) is 12.1 Å². The Kier molecular flexibility index (Phi) is 5.15. The van der Waals surface area contributed by atoms with Gasteiger partial charge in [-0.3, -0.25) is 15.5 Å². The molecule has 0 aliphatic rings. The number of carbonyl (C=O) groups is 2. The van der Waals surface area contributed by atoms with Crippen LogP contribution in [0.5, 0.6) is 0 Å². The highest BCUT2D eigenvalue weighted by atomic mass is 16.6. The van der Waals surface area contributed by atoms with Crippen molar-refractivity contribution in [2.75, 3.05) is 19.6 Å². The molecule has 0 aliphatic heterocycles. The van der Waals surface area contributed by atoms with Crippen molar-refractivity contribution < 1.29 is 24.0 Å². The fourth-order valence-corrected chi connectivity index (χ4v) is 1.18. The fraction of sp³-hybridized carbons (Fsp3) is 0.182. The first-order valence-electron chi connectivity index (χ1n) is 5.24. The molecule has 0 unspecified atom stereocenters. The van der Waals surface area contributed by atoms with E-state index in [-0.39, 0.29) is 11.4 Å². The van der Waals surface area contributed by atoms with Crippen LogP contribution in [0.25, 0.3) is 0 Å². The number of esters is 2. The molecule has 0 aliphatic carbocycles. The molecule has 0 saturated heterocycles. The first-order chi connectivity index (χ1) is 9.49. The van der Waals surface area contributed by atoms with Crippen LogP contribution in [0.1, 0.15) is 0 Å². The number of non-ortho nitro benzene ring substituents is 1. The Hall–Kier alpha value is -2.97. The third-order valence-corrected chi connectivity index (χ3v) is 2.11. The highest BCUT2D eigenvalue weighted by Gasteiger charge is 2.22. The number of rotatable bonds is 5. The minimum absolute atomic E-state index is 0.164. The third kappa shape index (κ3) is 3.77. The molecule has 20 heavy (non-hydrogen) atoms. The highest BCUT2D eigenvalue weighted by Crippen LogP contribution is 2.16.